The SMILES string of the molecule is COc1cc(C)c(S(=O)(=O)N2c3ccccc3C[C@H]2COc2ccnc(N3CCC(CCN4CCCCC4)CC3)n2)c(C)c1. The van der Waals surface area contributed by atoms with Crippen molar-refractivity contribution < 1.29 is 17.9 Å². The molecule has 2 aromatic carbocycles. The first kappa shape index (κ1) is 30.6. The summed E-state index contributed by atoms with van der Waals surface area (Å²) >= 11 is 0. The molecular formula is C34H45N5O4S. The maximum Gasteiger partial charge on any atom is 0.265 e. The van der Waals surface area contributed by atoms with Gasteiger partial charge in [-0.3, -0.25) is 4.31 Å². The molecule has 0 amide bonds. The van der Waals surface area contributed by atoms with Crippen LogP contribution in [0.2, 0.25) is 0 Å². The van der Waals surface area contributed by atoms with Gasteiger partial charge in [0.2, 0.25) is 11.8 Å². The van der Waals surface area contributed by atoms with Crippen LogP contribution in [0.5, 0.6) is 11.6 Å². The summed E-state index contributed by atoms with van der Waals surface area (Å²) in [6, 6.07) is 12.6. The van der Waals surface area contributed by atoms with Gasteiger partial charge in [0, 0.05) is 25.4 Å². The second-order valence-electron chi connectivity index (χ2n) is 12.5. The van der Waals surface area contributed by atoms with Crippen molar-refractivity contribution in [1.82, 2.24) is 14.9 Å². The lowest BCUT2D eigenvalue weighted by Gasteiger charge is -2.34. The highest BCUT2D eigenvalue weighted by Crippen LogP contribution is 2.39. The fraction of sp³-hybridized carbons (Fsp3) is 0.529. The minimum absolute atomic E-state index is 0.178. The van der Waals surface area contributed by atoms with Crippen LogP contribution >= 0.6 is 0 Å². The van der Waals surface area contributed by atoms with Crippen LogP contribution in [-0.2, 0) is 16.4 Å². The van der Waals surface area contributed by atoms with Crippen molar-refractivity contribution in [2.45, 2.75) is 69.7 Å². The Labute approximate surface area is 262 Å². The van der Waals surface area contributed by atoms with Crippen LogP contribution < -0.4 is 18.7 Å². The molecule has 2 saturated heterocycles. The monoisotopic (exact) mass is 619 g/mol. The number of likely N-dealkylation sites (tertiary alicyclic amines) is 1. The second kappa shape index (κ2) is 13.3. The number of fused-ring (bicyclic) bond motifs is 1. The normalized spacial score (nSPS) is 19.7. The molecule has 0 aliphatic carbocycles. The Balaban J connectivity index is 1.12. The smallest absolute Gasteiger partial charge is 0.265 e. The second-order valence-corrected chi connectivity index (χ2v) is 14.3. The molecule has 236 valence electrons. The highest BCUT2D eigenvalue weighted by atomic mass is 32.2. The molecule has 3 aliphatic heterocycles. The predicted molar refractivity (Wildman–Crippen MR) is 173 cm³/mol. The number of aromatic nitrogens is 2. The molecule has 3 aliphatic rings. The third-order valence-electron chi connectivity index (χ3n) is 9.44. The molecule has 0 unspecified atom stereocenters. The van der Waals surface area contributed by atoms with E-state index >= 15 is 0 Å². The van der Waals surface area contributed by atoms with Gasteiger partial charge in [-0.05, 0) is 113 Å². The quantitative estimate of drug-likeness (QED) is 0.299. The lowest BCUT2D eigenvalue weighted by Crippen LogP contribution is -2.42. The van der Waals surface area contributed by atoms with E-state index in [2.05, 4.69) is 14.8 Å². The van der Waals surface area contributed by atoms with E-state index in [1.165, 1.54) is 45.3 Å². The number of piperidine rings is 2. The minimum Gasteiger partial charge on any atom is -0.497 e. The van der Waals surface area contributed by atoms with Crippen molar-refractivity contribution in [2.75, 3.05) is 55.6 Å². The van der Waals surface area contributed by atoms with Gasteiger partial charge in [-0.15, -0.1) is 0 Å². The maximum atomic E-state index is 14.3. The van der Waals surface area contributed by atoms with Crippen LogP contribution in [0, 0.1) is 19.8 Å². The van der Waals surface area contributed by atoms with Gasteiger partial charge >= 0.3 is 0 Å². The number of nitrogens with zero attached hydrogens (tertiary/aromatic N) is 5. The number of hydrogen-bond acceptors (Lipinski definition) is 8. The number of para-hydroxylation sites is 1. The molecule has 4 heterocycles. The molecule has 9 nitrogen and oxygen atoms in total. The van der Waals surface area contributed by atoms with E-state index < -0.39 is 16.1 Å². The Kier molecular flexibility index (Phi) is 9.28. The summed E-state index contributed by atoms with van der Waals surface area (Å²) in [6.45, 7) is 9.44. The zero-order chi connectivity index (χ0) is 30.7. The van der Waals surface area contributed by atoms with Crippen LogP contribution in [0.3, 0.4) is 0 Å². The third kappa shape index (κ3) is 6.52. The van der Waals surface area contributed by atoms with E-state index in [0.29, 0.717) is 45.7 Å². The summed E-state index contributed by atoms with van der Waals surface area (Å²) in [5.41, 5.74) is 2.99. The Morgan fingerprint density at radius 2 is 1.68 bits per heavy atom. The molecule has 0 bridgehead atoms. The van der Waals surface area contributed by atoms with Gasteiger partial charge in [0.05, 0.1) is 23.7 Å². The zero-order valence-corrected chi connectivity index (χ0v) is 27.1. The fourth-order valence-corrected chi connectivity index (χ4v) is 9.23. The molecule has 3 aromatic rings. The number of ether oxygens (including phenoxy) is 2. The van der Waals surface area contributed by atoms with Crippen LogP contribution in [0.1, 0.15) is 55.2 Å². The predicted octanol–water partition coefficient (Wildman–Crippen LogP) is 5.39. The molecule has 6 rings (SSSR count). The van der Waals surface area contributed by atoms with Gasteiger partial charge < -0.3 is 19.3 Å². The lowest BCUT2D eigenvalue weighted by atomic mass is 9.93. The average molecular weight is 620 g/mol. The largest absolute Gasteiger partial charge is 0.497 e. The van der Waals surface area contributed by atoms with Gasteiger partial charge in [-0.25, -0.2) is 13.4 Å². The molecule has 0 radical (unpaired) electrons. The maximum absolute atomic E-state index is 14.3. The van der Waals surface area contributed by atoms with Gasteiger partial charge in [0.1, 0.15) is 12.4 Å². The standard InChI is InChI=1S/C34H45N5O4S/c1-25-21-30(42-3)22-26(2)33(25)44(40,41)39-29(23-28-9-5-6-10-31(28)39)24-43-32-11-15-35-34(36-32)38-19-13-27(14-20-38)12-18-37-16-7-4-8-17-37/h5-6,9-11,15,21-22,27,29H,4,7-8,12-14,16-20,23-24H2,1-3H3/t29-/m0/s1. The summed E-state index contributed by atoms with van der Waals surface area (Å²) in [5.74, 6) is 2.54. The van der Waals surface area contributed by atoms with Crippen LogP contribution in [0.15, 0.2) is 53.6 Å². The van der Waals surface area contributed by atoms with Crippen molar-refractivity contribution in [1.29, 1.82) is 0 Å². The van der Waals surface area contributed by atoms with Crippen molar-refractivity contribution >= 4 is 21.7 Å². The fourth-order valence-electron chi connectivity index (χ4n) is 7.13. The number of sulfonamides is 1. The molecular weight excluding hydrogens is 574 g/mol. The third-order valence-corrected chi connectivity index (χ3v) is 11.6. The van der Waals surface area contributed by atoms with Crippen LogP contribution in [0.25, 0.3) is 0 Å². The van der Waals surface area contributed by atoms with E-state index in [4.69, 9.17) is 14.5 Å². The highest BCUT2D eigenvalue weighted by molar-refractivity contribution is 7.93. The Morgan fingerprint density at radius 3 is 2.41 bits per heavy atom. The van der Waals surface area contributed by atoms with Crippen LogP contribution in [0.4, 0.5) is 11.6 Å². The summed E-state index contributed by atoms with van der Waals surface area (Å²) in [4.78, 5) is 14.5. The van der Waals surface area contributed by atoms with Crippen molar-refractivity contribution in [3.8, 4) is 11.6 Å². The van der Waals surface area contributed by atoms with Gasteiger partial charge in [-0.1, -0.05) is 24.6 Å². The summed E-state index contributed by atoms with van der Waals surface area (Å²) in [6.07, 6.45) is 9.95. The number of aryl methyl sites for hydroxylation is 2. The molecule has 0 saturated carbocycles. The lowest BCUT2D eigenvalue weighted by molar-refractivity contribution is 0.205. The topological polar surface area (TPSA) is 88.1 Å². The molecule has 0 N–H and O–H groups in total. The van der Waals surface area contributed by atoms with Crippen LogP contribution in [-0.4, -0.2) is 75.8 Å². The number of methoxy groups -OCH3 is 1. The molecule has 44 heavy (non-hydrogen) atoms. The number of anilines is 2. The minimum atomic E-state index is -3.88. The number of rotatable bonds is 10. The Hall–Kier alpha value is -3.37. The van der Waals surface area contributed by atoms with E-state index in [0.717, 1.165) is 37.4 Å². The molecule has 2 fully saturated rings. The Bertz CT molecular complexity index is 1530. The molecule has 10 heteroatoms. The van der Waals surface area contributed by atoms with Gasteiger partial charge in [-0.2, -0.15) is 4.98 Å². The van der Waals surface area contributed by atoms with E-state index in [1.807, 2.05) is 38.1 Å². The van der Waals surface area contributed by atoms with Gasteiger partial charge in [0.15, 0.2) is 0 Å². The van der Waals surface area contributed by atoms with Crippen molar-refractivity contribution in [2.24, 2.45) is 5.92 Å². The average Bonchev–Trinajstić information content (AvgIpc) is 3.42. The first-order valence-electron chi connectivity index (χ1n) is 16.0. The zero-order valence-electron chi connectivity index (χ0n) is 26.2. The first-order valence-corrected chi connectivity index (χ1v) is 17.5. The summed E-state index contributed by atoms with van der Waals surface area (Å²) < 4.78 is 41.7. The van der Waals surface area contributed by atoms with E-state index in [1.54, 1.807) is 35.8 Å². The first-order chi connectivity index (χ1) is 21.3. The number of hydrogen-bond donors (Lipinski definition) is 0. The summed E-state index contributed by atoms with van der Waals surface area (Å²) in [5, 5.41) is 0. The molecule has 1 aromatic heterocycles. The van der Waals surface area contributed by atoms with Crippen molar-refractivity contribution in [3.63, 3.8) is 0 Å². The Morgan fingerprint density at radius 1 is 0.955 bits per heavy atom. The molecule has 1 atom stereocenters. The number of benzene rings is 2. The van der Waals surface area contributed by atoms with E-state index in [-0.39, 0.29) is 6.61 Å². The van der Waals surface area contributed by atoms with Gasteiger partial charge in [0.25, 0.3) is 10.0 Å². The van der Waals surface area contributed by atoms with E-state index in [9.17, 15) is 8.42 Å². The molecule has 0 spiro atoms. The van der Waals surface area contributed by atoms with Crippen molar-refractivity contribution in [3.05, 3.63) is 65.4 Å². The highest BCUT2D eigenvalue weighted by Gasteiger charge is 2.40. The summed E-state index contributed by atoms with van der Waals surface area (Å²) in [7, 11) is -2.29.